The summed E-state index contributed by atoms with van der Waals surface area (Å²) in [6.07, 6.45) is 16.8. The highest BCUT2D eigenvalue weighted by molar-refractivity contribution is 5.25. The molecule has 2 saturated heterocycles. The summed E-state index contributed by atoms with van der Waals surface area (Å²) in [5.74, 6) is 2.67. The first-order valence-electron chi connectivity index (χ1n) is 13.7. The molecular weight excluding hydrogens is 400 g/mol. The maximum absolute atomic E-state index is 6.44. The molecule has 5 fully saturated rings. The van der Waals surface area contributed by atoms with E-state index in [9.17, 15) is 0 Å². The molecule has 2 heterocycles. The second-order valence-corrected chi connectivity index (χ2v) is 12.4. The molecule has 4 nitrogen and oxygen atoms in total. The third-order valence-electron chi connectivity index (χ3n) is 11.0. The van der Waals surface area contributed by atoms with Gasteiger partial charge in [-0.1, -0.05) is 25.5 Å². The zero-order valence-electron chi connectivity index (χ0n) is 20.6. The van der Waals surface area contributed by atoms with Gasteiger partial charge in [-0.25, -0.2) is 0 Å². The average molecular weight is 445 g/mol. The molecule has 180 valence electrons. The van der Waals surface area contributed by atoms with Gasteiger partial charge in [0.2, 0.25) is 0 Å². The SMILES string of the molecule is CC1([C@H]2CC[C@@H]3[C@@H]4CC=C5C[C@@H](O[C@@H]6CCCCO6)CC[C@]5(C)[C@H]4CC[C@@]32C)OCCO1. The lowest BCUT2D eigenvalue weighted by Gasteiger charge is -2.59. The number of ether oxygens (including phenoxy) is 4. The number of hydrogen-bond donors (Lipinski definition) is 0. The van der Waals surface area contributed by atoms with Crippen LogP contribution in [-0.4, -0.2) is 38.0 Å². The lowest BCUT2D eigenvalue weighted by Crippen LogP contribution is -2.53. The molecule has 8 atom stereocenters. The van der Waals surface area contributed by atoms with E-state index in [1.54, 1.807) is 5.57 Å². The summed E-state index contributed by atoms with van der Waals surface area (Å²) in [6.45, 7) is 9.80. The summed E-state index contributed by atoms with van der Waals surface area (Å²) in [5.41, 5.74) is 2.44. The van der Waals surface area contributed by atoms with E-state index in [0.29, 0.717) is 22.9 Å². The maximum atomic E-state index is 6.44. The molecular formula is C28H44O4. The Morgan fingerprint density at radius 3 is 2.50 bits per heavy atom. The minimum atomic E-state index is -0.355. The molecule has 0 aromatic heterocycles. The van der Waals surface area contributed by atoms with Crippen molar-refractivity contribution in [1.29, 1.82) is 0 Å². The zero-order chi connectivity index (χ0) is 22.0. The monoisotopic (exact) mass is 444 g/mol. The molecule has 6 rings (SSSR count). The Balaban J connectivity index is 1.19. The van der Waals surface area contributed by atoms with Gasteiger partial charge < -0.3 is 18.9 Å². The van der Waals surface area contributed by atoms with Crippen LogP contribution in [0.4, 0.5) is 0 Å². The van der Waals surface area contributed by atoms with Gasteiger partial charge in [0.05, 0.1) is 19.3 Å². The molecule has 4 aliphatic carbocycles. The normalized spacial score (nSPS) is 50.3. The first-order valence-corrected chi connectivity index (χ1v) is 13.7. The molecule has 32 heavy (non-hydrogen) atoms. The van der Waals surface area contributed by atoms with Crippen molar-refractivity contribution in [1.82, 2.24) is 0 Å². The Morgan fingerprint density at radius 2 is 1.72 bits per heavy atom. The second-order valence-electron chi connectivity index (χ2n) is 12.4. The molecule has 0 unspecified atom stereocenters. The van der Waals surface area contributed by atoms with Gasteiger partial charge in [-0.15, -0.1) is 0 Å². The number of hydrogen-bond acceptors (Lipinski definition) is 4. The van der Waals surface area contributed by atoms with Crippen molar-refractivity contribution in [3.63, 3.8) is 0 Å². The summed E-state index contributed by atoms with van der Waals surface area (Å²) in [6, 6.07) is 0. The Hall–Kier alpha value is -0.420. The first-order chi connectivity index (χ1) is 15.4. The van der Waals surface area contributed by atoms with E-state index in [0.717, 1.165) is 50.4 Å². The van der Waals surface area contributed by atoms with Gasteiger partial charge in [-0.05, 0) is 106 Å². The first kappa shape index (κ1) is 22.1. The molecule has 0 spiro atoms. The van der Waals surface area contributed by atoms with Gasteiger partial charge >= 0.3 is 0 Å². The fourth-order valence-corrected chi connectivity index (χ4v) is 9.37. The van der Waals surface area contributed by atoms with Crippen LogP contribution in [0.15, 0.2) is 11.6 Å². The van der Waals surface area contributed by atoms with Crippen molar-refractivity contribution >= 4 is 0 Å². The summed E-state index contributed by atoms with van der Waals surface area (Å²) in [4.78, 5) is 0. The van der Waals surface area contributed by atoms with Crippen molar-refractivity contribution in [2.75, 3.05) is 19.8 Å². The highest BCUT2D eigenvalue weighted by Crippen LogP contribution is 2.68. The van der Waals surface area contributed by atoms with E-state index in [1.807, 2.05) is 0 Å². The highest BCUT2D eigenvalue weighted by Gasteiger charge is 2.62. The van der Waals surface area contributed by atoms with Crippen LogP contribution in [0.3, 0.4) is 0 Å². The van der Waals surface area contributed by atoms with E-state index in [4.69, 9.17) is 18.9 Å². The smallest absolute Gasteiger partial charge is 0.169 e. The molecule has 0 radical (unpaired) electrons. The number of fused-ring (bicyclic) bond motifs is 5. The van der Waals surface area contributed by atoms with Crippen LogP contribution in [-0.2, 0) is 18.9 Å². The average Bonchev–Trinajstić information content (AvgIpc) is 3.38. The predicted octanol–water partition coefficient (Wildman–Crippen LogP) is 6.24. The predicted molar refractivity (Wildman–Crippen MR) is 124 cm³/mol. The minimum Gasteiger partial charge on any atom is -0.353 e. The molecule has 0 aromatic carbocycles. The lowest BCUT2D eigenvalue weighted by atomic mass is 9.47. The zero-order valence-corrected chi connectivity index (χ0v) is 20.6. The summed E-state index contributed by atoms with van der Waals surface area (Å²) in [7, 11) is 0. The molecule has 0 amide bonds. The third-order valence-corrected chi connectivity index (χ3v) is 11.0. The van der Waals surface area contributed by atoms with Gasteiger partial charge in [0.1, 0.15) is 0 Å². The Labute approximate surface area is 194 Å². The standard InChI is InChI=1S/C28H44O4/c1-26-13-11-20(32-25-6-4-5-15-29-25)18-19(26)7-8-21-22-9-10-24(28(3)30-16-17-31-28)27(22,2)14-12-23(21)26/h7,20-25H,4-6,8-18H2,1-3H3/t20-,21-,22+,23-,24-,25+,26-,27-/m0/s1. The van der Waals surface area contributed by atoms with Crippen LogP contribution < -0.4 is 0 Å². The van der Waals surface area contributed by atoms with E-state index in [-0.39, 0.29) is 12.1 Å². The Morgan fingerprint density at radius 1 is 0.875 bits per heavy atom. The maximum Gasteiger partial charge on any atom is 0.169 e. The third kappa shape index (κ3) is 3.38. The topological polar surface area (TPSA) is 36.9 Å². The van der Waals surface area contributed by atoms with Crippen LogP contribution in [0, 0.1) is 34.5 Å². The quantitative estimate of drug-likeness (QED) is 0.483. The molecule has 0 bridgehead atoms. The Kier molecular flexibility index (Phi) is 5.57. The Bertz CT molecular complexity index is 736. The van der Waals surface area contributed by atoms with E-state index in [1.165, 1.54) is 57.8 Å². The minimum absolute atomic E-state index is 0.0437. The summed E-state index contributed by atoms with van der Waals surface area (Å²) >= 11 is 0. The van der Waals surface area contributed by atoms with Crippen LogP contribution in [0.5, 0.6) is 0 Å². The van der Waals surface area contributed by atoms with Gasteiger partial charge in [-0.2, -0.15) is 0 Å². The number of allylic oxidation sites excluding steroid dienone is 1. The summed E-state index contributed by atoms with van der Waals surface area (Å²) < 4.78 is 24.7. The van der Waals surface area contributed by atoms with Crippen molar-refractivity contribution in [2.45, 2.75) is 110 Å². The second kappa shape index (κ2) is 8.07. The van der Waals surface area contributed by atoms with Gasteiger partial charge in [0.15, 0.2) is 12.1 Å². The molecule has 2 aliphatic heterocycles. The van der Waals surface area contributed by atoms with E-state index in [2.05, 4.69) is 26.8 Å². The fraction of sp³-hybridized carbons (Fsp3) is 0.929. The molecule has 4 heteroatoms. The van der Waals surface area contributed by atoms with Crippen molar-refractivity contribution in [3.05, 3.63) is 11.6 Å². The van der Waals surface area contributed by atoms with Gasteiger partial charge in [0, 0.05) is 12.5 Å². The molecule has 3 saturated carbocycles. The van der Waals surface area contributed by atoms with Crippen LogP contribution >= 0.6 is 0 Å². The fourth-order valence-electron chi connectivity index (χ4n) is 9.37. The largest absolute Gasteiger partial charge is 0.353 e. The molecule has 6 aliphatic rings. The van der Waals surface area contributed by atoms with Crippen molar-refractivity contribution in [2.24, 2.45) is 34.5 Å². The van der Waals surface area contributed by atoms with Gasteiger partial charge in [0.25, 0.3) is 0 Å². The van der Waals surface area contributed by atoms with Crippen molar-refractivity contribution in [3.8, 4) is 0 Å². The van der Waals surface area contributed by atoms with Crippen LogP contribution in [0.25, 0.3) is 0 Å². The van der Waals surface area contributed by atoms with Crippen LogP contribution in [0.1, 0.15) is 91.4 Å². The van der Waals surface area contributed by atoms with E-state index >= 15 is 0 Å². The highest BCUT2D eigenvalue weighted by atomic mass is 16.7. The molecule has 0 aromatic rings. The van der Waals surface area contributed by atoms with Crippen molar-refractivity contribution < 1.29 is 18.9 Å². The lowest BCUT2D eigenvalue weighted by molar-refractivity contribution is -0.215. The number of rotatable bonds is 3. The van der Waals surface area contributed by atoms with Crippen LogP contribution in [0.2, 0.25) is 0 Å². The van der Waals surface area contributed by atoms with E-state index < -0.39 is 0 Å². The van der Waals surface area contributed by atoms with Gasteiger partial charge in [-0.3, -0.25) is 0 Å². The summed E-state index contributed by atoms with van der Waals surface area (Å²) in [5, 5.41) is 0. The molecule has 0 N–H and O–H groups in total.